The molecule has 3 heterocycles. The van der Waals surface area contributed by atoms with Crippen LogP contribution in [0.2, 0.25) is 0 Å². The third kappa shape index (κ3) is 7.33. The molecule has 4 aromatic rings. The molecule has 0 aliphatic carbocycles. The van der Waals surface area contributed by atoms with Crippen LogP contribution in [0.25, 0.3) is 11.1 Å². The predicted octanol–water partition coefficient (Wildman–Crippen LogP) is 3.49. The molecule has 6 rings (SSSR count). The minimum Gasteiger partial charge on any atom is -0.496 e. The molecule has 2 aliphatic heterocycles. The second-order valence-electron chi connectivity index (χ2n) is 11.3. The maximum atomic E-state index is 14.7. The van der Waals surface area contributed by atoms with E-state index < -0.39 is 29.8 Å². The maximum Gasteiger partial charge on any atom is 0.272 e. The van der Waals surface area contributed by atoms with Crippen molar-refractivity contribution in [2.45, 2.75) is 31.7 Å². The number of ether oxygens (including phenoxy) is 3. The van der Waals surface area contributed by atoms with Crippen LogP contribution in [0.3, 0.4) is 0 Å². The molecule has 0 radical (unpaired) electrons. The van der Waals surface area contributed by atoms with Gasteiger partial charge in [0.1, 0.15) is 34.9 Å². The van der Waals surface area contributed by atoms with E-state index in [1.54, 1.807) is 53.4 Å². The van der Waals surface area contributed by atoms with Gasteiger partial charge in [-0.25, -0.2) is 4.39 Å². The first kappa shape index (κ1) is 31.5. The van der Waals surface area contributed by atoms with Crippen molar-refractivity contribution in [3.8, 4) is 28.4 Å². The Morgan fingerprint density at radius 1 is 1.06 bits per heavy atom. The summed E-state index contributed by atoms with van der Waals surface area (Å²) in [6.45, 7) is -0.103. The first-order chi connectivity index (χ1) is 22.8. The highest BCUT2D eigenvalue weighted by atomic mass is 19.1. The molecule has 242 valence electrons. The van der Waals surface area contributed by atoms with Crippen molar-refractivity contribution in [1.29, 1.82) is 0 Å². The number of hydrogen-bond acceptors (Lipinski definition) is 8. The van der Waals surface area contributed by atoms with Gasteiger partial charge in [-0.15, -0.1) is 0 Å². The van der Waals surface area contributed by atoms with Crippen LogP contribution in [0, 0.1) is 5.82 Å². The molecule has 2 aliphatic rings. The number of likely N-dealkylation sites (tertiary alicyclic amines) is 1. The van der Waals surface area contributed by atoms with Gasteiger partial charge in [0, 0.05) is 49.4 Å². The van der Waals surface area contributed by atoms with Crippen LogP contribution in [-0.2, 0) is 17.9 Å². The minimum atomic E-state index is -0.697. The summed E-state index contributed by atoms with van der Waals surface area (Å²) in [5, 5.41) is 15.3. The van der Waals surface area contributed by atoms with Crippen LogP contribution in [-0.4, -0.2) is 71.7 Å². The van der Waals surface area contributed by atoms with Gasteiger partial charge in [-0.2, -0.15) is 0 Å². The first-order valence-electron chi connectivity index (χ1n) is 15.1. The highest BCUT2D eigenvalue weighted by molar-refractivity contribution is 5.97. The molecule has 11 nitrogen and oxygen atoms in total. The fourth-order valence-electron chi connectivity index (χ4n) is 5.69. The largest absolute Gasteiger partial charge is 0.496 e. The monoisotopic (exact) mass is 640 g/mol. The normalized spacial score (nSPS) is 18.1. The zero-order valence-electron chi connectivity index (χ0n) is 25.6. The van der Waals surface area contributed by atoms with Crippen LogP contribution in [0.1, 0.15) is 38.4 Å². The molecule has 1 saturated heterocycles. The lowest BCUT2D eigenvalue weighted by atomic mass is 9.99. The summed E-state index contributed by atoms with van der Waals surface area (Å²) >= 11 is 0. The van der Waals surface area contributed by atoms with Crippen molar-refractivity contribution < 1.29 is 38.1 Å². The van der Waals surface area contributed by atoms with E-state index in [0.717, 1.165) is 0 Å². The van der Waals surface area contributed by atoms with Crippen LogP contribution in [0.15, 0.2) is 79.0 Å². The Morgan fingerprint density at radius 3 is 2.77 bits per heavy atom. The van der Waals surface area contributed by atoms with Gasteiger partial charge in [0.2, 0.25) is 0 Å². The number of aromatic nitrogens is 1. The molecule has 6 bridgehead atoms. The molecule has 47 heavy (non-hydrogen) atoms. The van der Waals surface area contributed by atoms with E-state index in [1.165, 1.54) is 31.5 Å². The van der Waals surface area contributed by atoms with Gasteiger partial charge in [-0.05, 0) is 71.3 Å². The SMILES string of the molecule is COc1ccc2cc1-c1cccc(c1)OCC(=O)NCc1cc(F)cc(c1)O[C@@H]1CCN(C(=O)c3cc(CO)ccn3)C[C@H]1NC2=O. The summed E-state index contributed by atoms with van der Waals surface area (Å²) in [5.74, 6) is -0.555. The molecule has 3 N–H and O–H groups in total. The quantitative estimate of drug-likeness (QED) is 0.310. The fourth-order valence-corrected chi connectivity index (χ4v) is 5.69. The van der Waals surface area contributed by atoms with Gasteiger partial charge in [-0.3, -0.25) is 19.4 Å². The number of aliphatic hydroxyl groups excluding tert-OH is 1. The Hall–Kier alpha value is -5.49. The van der Waals surface area contributed by atoms with E-state index in [2.05, 4.69) is 15.6 Å². The van der Waals surface area contributed by atoms with Crippen molar-refractivity contribution in [3.63, 3.8) is 0 Å². The zero-order valence-corrected chi connectivity index (χ0v) is 25.6. The number of aliphatic hydroxyl groups is 1. The number of carbonyl (C=O) groups excluding carboxylic acids is 3. The molecular formula is C35H33FN4O7. The van der Waals surface area contributed by atoms with Crippen molar-refractivity contribution in [2.75, 3.05) is 26.8 Å². The zero-order chi connectivity index (χ0) is 32.9. The summed E-state index contributed by atoms with van der Waals surface area (Å²) in [6.07, 6.45) is 1.15. The Morgan fingerprint density at radius 2 is 1.94 bits per heavy atom. The molecule has 3 aromatic carbocycles. The number of carbonyl (C=O) groups is 3. The number of rotatable bonds is 3. The van der Waals surface area contributed by atoms with E-state index in [0.29, 0.717) is 45.7 Å². The van der Waals surface area contributed by atoms with Crippen LogP contribution in [0.4, 0.5) is 4.39 Å². The number of methoxy groups -OCH3 is 1. The molecule has 3 amide bonds. The van der Waals surface area contributed by atoms with Crippen molar-refractivity contribution in [3.05, 3.63) is 107 Å². The Bertz CT molecular complexity index is 1820. The Kier molecular flexibility index (Phi) is 9.30. The van der Waals surface area contributed by atoms with Gasteiger partial charge in [0.15, 0.2) is 6.61 Å². The lowest BCUT2D eigenvalue weighted by Gasteiger charge is -2.38. The smallest absolute Gasteiger partial charge is 0.272 e. The van der Waals surface area contributed by atoms with Gasteiger partial charge in [0.25, 0.3) is 17.7 Å². The summed E-state index contributed by atoms with van der Waals surface area (Å²) < 4.78 is 32.3. The topological polar surface area (TPSA) is 139 Å². The van der Waals surface area contributed by atoms with Gasteiger partial charge >= 0.3 is 0 Å². The average molecular weight is 641 g/mol. The number of nitrogens with zero attached hydrogens (tertiary/aromatic N) is 2. The first-order valence-corrected chi connectivity index (χ1v) is 15.1. The minimum absolute atomic E-state index is 0.0341. The number of halogens is 1. The van der Waals surface area contributed by atoms with Gasteiger partial charge in [-0.1, -0.05) is 12.1 Å². The maximum absolute atomic E-state index is 14.7. The molecule has 0 spiro atoms. The van der Waals surface area contributed by atoms with Crippen LogP contribution in [0.5, 0.6) is 17.2 Å². The number of pyridine rings is 1. The molecule has 1 fully saturated rings. The van der Waals surface area contributed by atoms with Gasteiger partial charge in [0.05, 0.1) is 19.8 Å². The van der Waals surface area contributed by atoms with Crippen molar-refractivity contribution >= 4 is 17.7 Å². The Balaban J connectivity index is 1.36. The predicted molar refractivity (Wildman–Crippen MR) is 169 cm³/mol. The van der Waals surface area contributed by atoms with E-state index in [9.17, 15) is 23.9 Å². The van der Waals surface area contributed by atoms with Crippen molar-refractivity contribution in [1.82, 2.24) is 20.5 Å². The standard InChI is InChI=1S/C35H33FN4O7/c1-45-31-6-5-24-15-28(31)23-3-2-4-26(14-23)46-20-33(42)38-17-22-11-25(36)16-27(12-22)47-32-8-10-40(18-30(32)39-34(24)43)35(44)29-13-21(19-41)7-9-37-29/h2-7,9,11-16,30,32,41H,8,10,17-20H2,1H3,(H,38,42)(H,39,43)/t30-,32-/m1/s1. The highest BCUT2D eigenvalue weighted by Gasteiger charge is 2.35. The van der Waals surface area contributed by atoms with E-state index in [4.69, 9.17) is 14.2 Å². The number of amides is 3. The Labute approximate surface area is 270 Å². The summed E-state index contributed by atoms with van der Waals surface area (Å²) in [7, 11) is 1.53. The number of benzene rings is 3. The molecule has 12 heteroatoms. The van der Waals surface area contributed by atoms with E-state index >= 15 is 0 Å². The highest BCUT2D eigenvalue weighted by Crippen LogP contribution is 2.33. The third-order valence-electron chi connectivity index (χ3n) is 8.06. The van der Waals surface area contributed by atoms with E-state index in [1.807, 2.05) is 6.07 Å². The summed E-state index contributed by atoms with van der Waals surface area (Å²) in [6, 6.07) is 18.7. The second kappa shape index (κ2) is 13.9. The summed E-state index contributed by atoms with van der Waals surface area (Å²) in [4.78, 5) is 45.7. The number of nitrogens with one attached hydrogen (secondary N) is 2. The third-order valence-corrected chi connectivity index (χ3v) is 8.06. The average Bonchev–Trinajstić information content (AvgIpc) is 3.09. The fraction of sp³-hybridized carbons (Fsp3) is 0.257. The number of fused-ring (bicyclic) bond motifs is 8. The molecule has 2 atom stereocenters. The van der Waals surface area contributed by atoms with Gasteiger partial charge < -0.3 is 34.9 Å². The molecular weight excluding hydrogens is 607 g/mol. The second-order valence-corrected chi connectivity index (χ2v) is 11.3. The summed E-state index contributed by atoms with van der Waals surface area (Å²) in [5.41, 5.74) is 2.85. The van der Waals surface area contributed by atoms with Crippen LogP contribution >= 0.6 is 0 Å². The van der Waals surface area contributed by atoms with Crippen LogP contribution < -0.4 is 24.8 Å². The molecule has 1 aromatic heterocycles. The number of hydrogen-bond donors (Lipinski definition) is 3. The van der Waals surface area contributed by atoms with Crippen molar-refractivity contribution in [2.24, 2.45) is 0 Å². The lowest BCUT2D eigenvalue weighted by molar-refractivity contribution is -0.123. The van der Waals surface area contributed by atoms with E-state index in [-0.39, 0.29) is 50.2 Å². The number of piperidine rings is 1. The molecule has 0 unspecified atom stereocenters. The lowest BCUT2D eigenvalue weighted by Crippen LogP contribution is -2.58. The molecule has 0 saturated carbocycles.